The standard InChI is InChI=1S/C30H31N3O5/c1-37-29(35)24-11-7-8-22(16-24)19-33-26-17-21(12-13-27(26)38-30(33)36)18-28(34)31-25(20-32-14-5-6-15-32)23-9-3-2-4-10-23/h2-4,7-13,16-17,25H,5-6,14-15,18-20H2,1H3,(H,31,34). The summed E-state index contributed by atoms with van der Waals surface area (Å²) in [6.45, 7) is 3.10. The molecule has 5 rings (SSSR count). The number of ether oxygens (including phenoxy) is 1. The molecular formula is C30H31N3O5. The Balaban J connectivity index is 1.34. The molecule has 38 heavy (non-hydrogen) atoms. The first-order valence-electron chi connectivity index (χ1n) is 12.9. The Labute approximate surface area is 220 Å². The molecule has 196 valence electrons. The van der Waals surface area contributed by atoms with Gasteiger partial charge in [-0.15, -0.1) is 0 Å². The second-order valence-corrected chi connectivity index (χ2v) is 9.66. The minimum absolute atomic E-state index is 0.0828. The highest BCUT2D eigenvalue weighted by molar-refractivity contribution is 5.89. The molecule has 1 N–H and O–H groups in total. The molecular weight excluding hydrogens is 482 g/mol. The van der Waals surface area contributed by atoms with Gasteiger partial charge in [-0.2, -0.15) is 0 Å². The highest BCUT2D eigenvalue weighted by Gasteiger charge is 2.21. The molecule has 1 aliphatic heterocycles. The van der Waals surface area contributed by atoms with Crippen LogP contribution in [0.15, 0.2) is 82.0 Å². The molecule has 0 spiro atoms. The third-order valence-electron chi connectivity index (χ3n) is 6.96. The van der Waals surface area contributed by atoms with Crippen molar-refractivity contribution < 1.29 is 18.7 Å². The van der Waals surface area contributed by atoms with Gasteiger partial charge in [0.25, 0.3) is 0 Å². The summed E-state index contributed by atoms with van der Waals surface area (Å²) >= 11 is 0. The Morgan fingerprint density at radius 2 is 1.76 bits per heavy atom. The number of carbonyl (C=O) groups is 2. The van der Waals surface area contributed by atoms with Crippen LogP contribution in [-0.2, 0) is 22.5 Å². The van der Waals surface area contributed by atoms with E-state index in [0.29, 0.717) is 16.7 Å². The molecule has 1 saturated heterocycles. The molecule has 0 bridgehead atoms. The smallest absolute Gasteiger partial charge is 0.420 e. The van der Waals surface area contributed by atoms with E-state index in [1.54, 1.807) is 24.3 Å². The van der Waals surface area contributed by atoms with E-state index in [9.17, 15) is 14.4 Å². The van der Waals surface area contributed by atoms with Gasteiger partial charge in [0.15, 0.2) is 5.58 Å². The van der Waals surface area contributed by atoms with E-state index in [1.165, 1.54) is 24.5 Å². The number of likely N-dealkylation sites (tertiary alicyclic amines) is 1. The topological polar surface area (TPSA) is 93.8 Å². The number of nitrogens with one attached hydrogen (secondary N) is 1. The Morgan fingerprint density at radius 3 is 2.53 bits per heavy atom. The molecule has 1 fully saturated rings. The van der Waals surface area contributed by atoms with Crippen LogP contribution < -0.4 is 11.1 Å². The van der Waals surface area contributed by atoms with Crippen molar-refractivity contribution in [2.75, 3.05) is 26.7 Å². The molecule has 0 saturated carbocycles. The number of methoxy groups -OCH3 is 1. The number of aromatic nitrogens is 1. The molecule has 8 heteroatoms. The second-order valence-electron chi connectivity index (χ2n) is 9.66. The van der Waals surface area contributed by atoms with Crippen LogP contribution in [0.5, 0.6) is 0 Å². The Hall–Kier alpha value is -4.17. The lowest BCUT2D eigenvalue weighted by molar-refractivity contribution is -0.121. The number of esters is 1. The number of oxazole rings is 1. The van der Waals surface area contributed by atoms with Crippen LogP contribution in [0.25, 0.3) is 11.1 Å². The summed E-state index contributed by atoms with van der Waals surface area (Å²) in [5.74, 6) is -1.02. The molecule has 1 amide bonds. The summed E-state index contributed by atoms with van der Waals surface area (Å²) < 4.78 is 11.7. The quantitative estimate of drug-likeness (QED) is 0.341. The number of fused-ring (bicyclic) bond motifs is 1. The minimum atomic E-state index is -0.500. The van der Waals surface area contributed by atoms with Crippen LogP contribution in [-0.4, -0.2) is 48.1 Å². The van der Waals surface area contributed by atoms with E-state index < -0.39 is 11.7 Å². The Bertz CT molecular complexity index is 1480. The van der Waals surface area contributed by atoms with E-state index in [-0.39, 0.29) is 24.9 Å². The highest BCUT2D eigenvalue weighted by Crippen LogP contribution is 2.20. The van der Waals surface area contributed by atoms with Gasteiger partial charge in [0.2, 0.25) is 5.91 Å². The number of nitrogens with zero attached hydrogens (tertiary/aromatic N) is 2. The first-order valence-corrected chi connectivity index (χ1v) is 12.9. The summed E-state index contributed by atoms with van der Waals surface area (Å²) in [5.41, 5.74) is 4.07. The van der Waals surface area contributed by atoms with Crippen molar-refractivity contribution in [3.8, 4) is 0 Å². The third-order valence-corrected chi connectivity index (χ3v) is 6.96. The fourth-order valence-corrected chi connectivity index (χ4v) is 5.04. The Morgan fingerprint density at radius 1 is 0.974 bits per heavy atom. The first-order chi connectivity index (χ1) is 18.5. The number of amides is 1. The van der Waals surface area contributed by atoms with Gasteiger partial charge >= 0.3 is 11.7 Å². The minimum Gasteiger partial charge on any atom is -0.465 e. The van der Waals surface area contributed by atoms with Crippen molar-refractivity contribution in [2.45, 2.75) is 31.8 Å². The lowest BCUT2D eigenvalue weighted by Crippen LogP contribution is -2.37. The molecule has 1 unspecified atom stereocenters. The van der Waals surface area contributed by atoms with Gasteiger partial charge in [0, 0.05) is 6.54 Å². The number of hydrogen-bond acceptors (Lipinski definition) is 6. The lowest BCUT2D eigenvalue weighted by Gasteiger charge is -2.25. The van der Waals surface area contributed by atoms with Gasteiger partial charge in [0.1, 0.15) is 0 Å². The lowest BCUT2D eigenvalue weighted by atomic mass is 10.1. The van der Waals surface area contributed by atoms with E-state index in [2.05, 4.69) is 10.2 Å². The van der Waals surface area contributed by atoms with Crippen molar-refractivity contribution in [3.05, 3.63) is 106 Å². The molecule has 1 aliphatic rings. The number of rotatable bonds is 9. The van der Waals surface area contributed by atoms with Gasteiger partial charge in [-0.25, -0.2) is 9.59 Å². The van der Waals surface area contributed by atoms with E-state index in [1.807, 2.05) is 48.5 Å². The Kier molecular flexibility index (Phi) is 7.70. The van der Waals surface area contributed by atoms with Gasteiger partial charge in [-0.1, -0.05) is 48.5 Å². The third kappa shape index (κ3) is 5.86. The summed E-state index contributed by atoms with van der Waals surface area (Å²) in [6, 6.07) is 22.2. The summed E-state index contributed by atoms with van der Waals surface area (Å²) in [5, 5.41) is 3.22. The number of carbonyl (C=O) groups excluding carboxylic acids is 2. The molecule has 4 aromatic rings. The molecule has 1 aromatic heterocycles. The maximum atomic E-state index is 13.2. The average Bonchev–Trinajstić information content (AvgIpc) is 3.56. The van der Waals surface area contributed by atoms with Gasteiger partial charge in [-0.3, -0.25) is 9.36 Å². The van der Waals surface area contributed by atoms with Crippen LogP contribution in [0, 0.1) is 0 Å². The van der Waals surface area contributed by atoms with Crippen molar-refractivity contribution in [1.29, 1.82) is 0 Å². The van der Waals surface area contributed by atoms with Crippen LogP contribution in [0.2, 0.25) is 0 Å². The predicted molar refractivity (Wildman–Crippen MR) is 144 cm³/mol. The maximum absolute atomic E-state index is 13.2. The van der Waals surface area contributed by atoms with Crippen LogP contribution in [0.4, 0.5) is 0 Å². The van der Waals surface area contributed by atoms with E-state index in [0.717, 1.165) is 36.3 Å². The SMILES string of the molecule is COC(=O)c1cccc(Cn2c(=O)oc3ccc(CC(=O)NC(CN4CCCC4)c4ccccc4)cc32)c1. The zero-order valence-electron chi connectivity index (χ0n) is 21.4. The van der Waals surface area contributed by atoms with Gasteiger partial charge < -0.3 is 19.4 Å². The predicted octanol–water partition coefficient (Wildman–Crippen LogP) is 3.93. The van der Waals surface area contributed by atoms with E-state index >= 15 is 0 Å². The van der Waals surface area contributed by atoms with Gasteiger partial charge in [0.05, 0.1) is 37.2 Å². The van der Waals surface area contributed by atoms with Crippen LogP contribution in [0.3, 0.4) is 0 Å². The fourth-order valence-electron chi connectivity index (χ4n) is 5.04. The molecule has 3 aromatic carbocycles. The summed E-state index contributed by atoms with van der Waals surface area (Å²) in [4.78, 5) is 40.1. The summed E-state index contributed by atoms with van der Waals surface area (Å²) in [6.07, 6.45) is 2.56. The average molecular weight is 514 g/mol. The van der Waals surface area contributed by atoms with Gasteiger partial charge in [-0.05, 0) is 66.9 Å². The normalized spacial score (nSPS) is 14.4. The molecule has 2 heterocycles. The van der Waals surface area contributed by atoms with Crippen molar-refractivity contribution >= 4 is 23.0 Å². The zero-order chi connectivity index (χ0) is 26.5. The second kappa shape index (κ2) is 11.5. The number of benzene rings is 3. The van der Waals surface area contributed by atoms with E-state index in [4.69, 9.17) is 9.15 Å². The number of hydrogen-bond donors (Lipinski definition) is 1. The molecule has 0 radical (unpaired) electrons. The van der Waals surface area contributed by atoms with Crippen molar-refractivity contribution in [2.24, 2.45) is 0 Å². The van der Waals surface area contributed by atoms with Crippen LogP contribution in [0.1, 0.15) is 45.9 Å². The molecule has 1 atom stereocenters. The van der Waals surface area contributed by atoms with Crippen molar-refractivity contribution in [1.82, 2.24) is 14.8 Å². The highest BCUT2D eigenvalue weighted by atomic mass is 16.5. The van der Waals surface area contributed by atoms with Crippen LogP contribution >= 0.6 is 0 Å². The fraction of sp³-hybridized carbons (Fsp3) is 0.300. The molecule has 0 aliphatic carbocycles. The first kappa shape index (κ1) is 25.5. The monoisotopic (exact) mass is 513 g/mol. The maximum Gasteiger partial charge on any atom is 0.420 e. The molecule has 8 nitrogen and oxygen atoms in total. The summed E-state index contributed by atoms with van der Waals surface area (Å²) in [7, 11) is 1.33. The largest absolute Gasteiger partial charge is 0.465 e. The van der Waals surface area contributed by atoms with Crippen molar-refractivity contribution in [3.63, 3.8) is 0 Å². The zero-order valence-corrected chi connectivity index (χ0v) is 21.4.